The van der Waals surface area contributed by atoms with Crippen molar-refractivity contribution < 1.29 is 33.1 Å². The van der Waals surface area contributed by atoms with E-state index in [-0.39, 0.29) is 41.6 Å². The normalized spacial score (nSPS) is 22.7. The molecule has 8 nitrogen and oxygen atoms in total. The van der Waals surface area contributed by atoms with Gasteiger partial charge in [0, 0.05) is 17.2 Å². The van der Waals surface area contributed by atoms with Crippen LogP contribution < -0.4 is 5.32 Å². The number of hydrogen-bond donors (Lipinski definition) is 1. The van der Waals surface area contributed by atoms with Gasteiger partial charge in [-0.05, 0) is 44.7 Å². The summed E-state index contributed by atoms with van der Waals surface area (Å²) in [5, 5.41) is 3.16. The van der Waals surface area contributed by atoms with Crippen molar-refractivity contribution in [2.24, 2.45) is 17.8 Å². The van der Waals surface area contributed by atoms with Crippen molar-refractivity contribution in [3.8, 4) is 0 Å². The standard InChI is InChI=1S/C23H25NO7/c1-2-29-23(28)21-19(16-8-3-4-9-17(16)31-21)24-18(25)12-30-22(27)15-10-13-6-5-7-14(11-15)20(13)26/h3-4,8-9,13-15H,2,5-7,10-12H2,1H3,(H,24,25)/t13-,14+,15?. The minimum absolute atomic E-state index is 0.0664. The molecule has 4 rings (SSSR count). The highest BCUT2D eigenvalue weighted by Crippen LogP contribution is 2.40. The number of ketones is 1. The molecular weight excluding hydrogens is 402 g/mol. The van der Waals surface area contributed by atoms with Gasteiger partial charge in [0.25, 0.3) is 5.91 Å². The van der Waals surface area contributed by atoms with Crippen LogP contribution >= 0.6 is 0 Å². The molecule has 2 bridgehead atoms. The summed E-state index contributed by atoms with van der Waals surface area (Å²) in [5.41, 5.74) is 0.615. The van der Waals surface area contributed by atoms with Crippen molar-refractivity contribution >= 4 is 40.3 Å². The number of carbonyl (C=O) groups excluding carboxylic acids is 4. The SMILES string of the molecule is CCOC(=O)c1oc2ccccc2c1NC(=O)COC(=O)C1C[C@H]2CCC[C@@H](C1)C2=O. The van der Waals surface area contributed by atoms with Crippen molar-refractivity contribution in [2.75, 3.05) is 18.5 Å². The third kappa shape index (κ3) is 4.33. The van der Waals surface area contributed by atoms with Crippen LogP contribution in [0.2, 0.25) is 0 Å². The van der Waals surface area contributed by atoms with E-state index in [9.17, 15) is 19.2 Å². The van der Waals surface area contributed by atoms with E-state index in [4.69, 9.17) is 13.9 Å². The molecule has 1 aromatic heterocycles. The molecule has 2 fully saturated rings. The van der Waals surface area contributed by atoms with Gasteiger partial charge in [-0.2, -0.15) is 0 Å². The lowest BCUT2D eigenvalue weighted by Crippen LogP contribution is -2.40. The van der Waals surface area contributed by atoms with E-state index < -0.39 is 24.5 Å². The molecule has 164 valence electrons. The topological polar surface area (TPSA) is 112 Å². The van der Waals surface area contributed by atoms with Crippen molar-refractivity contribution in [3.05, 3.63) is 30.0 Å². The average molecular weight is 427 g/mol. The lowest BCUT2D eigenvalue weighted by Gasteiger charge is -2.36. The number of nitrogens with one attached hydrogen (secondary N) is 1. The fourth-order valence-corrected chi connectivity index (χ4v) is 4.61. The third-order valence-electron chi connectivity index (χ3n) is 6.05. The zero-order chi connectivity index (χ0) is 22.0. The van der Waals surface area contributed by atoms with Gasteiger partial charge < -0.3 is 19.2 Å². The summed E-state index contributed by atoms with van der Waals surface area (Å²) in [7, 11) is 0. The van der Waals surface area contributed by atoms with E-state index >= 15 is 0 Å². The molecule has 0 radical (unpaired) electrons. The van der Waals surface area contributed by atoms with Crippen molar-refractivity contribution in [3.63, 3.8) is 0 Å². The number of carbonyl (C=O) groups is 4. The van der Waals surface area contributed by atoms with Gasteiger partial charge in [0.15, 0.2) is 6.61 Å². The summed E-state index contributed by atoms with van der Waals surface area (Å²) >= 11 is 0. The molecule has 8 heteroatoms. The lowest BCUT2D eigenvalue weighted by atomic mass is 9.67. The van der Waals surface area contributed by atoms with Gasteiger partial charge >= 0.3 is 11.9 Å². The second kappa shape index (κ2) is 8.91. The van der Waals surface area contributed by atoms with Gasteiger partial charge in [-0.15, -0.1) is 0 Å². The number of furan rings is 1. The Morgan fingerprint density at radius 2 is 1.81 bits per heavy atom. The quantitative estimate of drug-likeness (QED) is 0.702. The predicted octanol–water partition coefficient (Wildman–Crippen LogP) is 3.49. The van der Waals surface area contributed by atoms with Crippen LogP contribution in [0, 0.1) is 17.8 Å². The summed E-state index contributed by atoms with van der Waals surface area (Å²) in [6, 6.07) is 6.89. The molecule has 1 aromatic carbocycles. The first-order chi connectivity index (χ1) is 15.0. The van der Waals surface area contributed by atoms with Crippen LogP contribution in [0.5, 0.6) is 0 Å². The molecule has 1 unspecified atom stereocenters. The molecule has 3 atom stereocenters. The Kier molecular flexibility index (Phi) is 6.06. The second-order valence-corrected chi connectivity index (χ2v) is 8.07. The molecule has 2 aromatic rings. The number of amides is 1. The Morgan fingerprint density at radius 1 is 1.10 bits per heavy atom. The van der Waals surface area contributed by atoms with Gasteiger partial charge in [-0.3, -0.25) is 14.4 Å². The Bertz CT molecular complexity index is 1010. The van der Waals surface area contributed by atoms with Crippen LogP contribution in [-0.4, -0.2) is 36.8 Å². The first kappa shape index (κ1) is 21.1. The molecule has 2 aliphatic carbocycles. The first-order valence-corrected chi connectivity index (χ1v) is 10.7. The molecule has 2 aliphatic rings. The van der Waals surface area contributed by atoms with Crippen molar-refractivity contribution in [1.29, 1.82) is 0 Å². The van der Waals surface area contributed by atoms with E-state index in [1.54, 1.807) is 31.2 Å². The fraction of sp³-hybridized carbons (Fsp3) is 0.478. The monoisotopic (exact) mass is 427 g/mol. The second-order valence-electron chi connectivity index (χ2n) is 8.07. The Balaban J connectivity index is 1.40. The summed E-state index contributed by atoms with van der Waals surface area (Å²) in [4.78, 5) is 49.4. The van der Waals surface area contributed by atoms with Crippen molar-refractivity contribution in [1.82, 2.24) is 0 Å². The number of Topliss-reactive ketones (excluding diaryl/α,β-unsaturated/α-hetero) is 1. The van der Waals surface area contributed by atoms with Crippen LogP contribution in [0.3, 0.4) is 0 Å². The van der Waals surface area contributed by atoms with E-state index in [1.165, 1.54) is 0 Å². The molecule has 31 heavy (non-hydrogen) atoms. The third-order valence-corrected chi connectivity index (χ3v) is 6.05. The molecule has 1 amide bonds. The van der Waals surface area contributed by atoms with Crippen LogP contribution in [0.1, 0.15) is 49.6 Å². The molecule has 0 spiro atoms. The smallest absolute Gasteiger partial charge is 0.376 e. The zero-order valence-electron chi connectivity index (χ0n) is 17.3. The van der Waals surface area contributed by atoms with Gasteiger partial charge in [-0.25, -0.2) is 4.79 Å². The number of anilines is 1. The fourth-order valence-electron chi connectivity index (χ4n) is 4.61. The van der Waals surface area contributed by atoms with Crippen LogP contribution in [0.15, 0.2) is 28.7 Å². The number of fused-ring (bicyclic) bond motifs is 3. The maximum absolute atomic E-state index is 12.5. The molecule has 0 saturated heterocycles. The highest BCUT2D eigenvalue weighted by molar-refractivity contribution is 6.09. The van der Waals surface area contributed by atoms with E-state index in [2.05, 4.69) is 5.32 Å². The Morgan fingerprint density at radius 3 is 2.52 bits per heavy atom. The minimum atomic E-state index is -0.690. The van der Waals surface area contributed by atoms with Crippen LogP contribution in [-0.2, 0) is 23.9 Å². The summed E-state index contributed by atoms with van der Waals surface area (Å²) in [6.45, 7) is 1.35. The summed E-state index contributed by atoms with van der Waals surface area (Å²) in [5.74, 6) is -2.06. The Labute approximate surface area is 179 Å². The van der Waals surface area contributed by atoms with E-state index in [0.717, 1.165) is 19.3 Å². The first-order valence-electron chi connectivity index (χ1n) is 10.7. The maximum atomic E-state index is 12.5. The maximum Gasteiger partial charge on any atom is 0.376 e. The number of esters is 2. The van der Waals surface area contributed by atoms with Crippen LogP contribution in [0.4, 0.5) is 5.69 Å². The number of ether oxygens (including phenoxy) is 2. The van der Waals surface area contributed by atoms with Crippen LogP contribution in [0.25, 0.3) is 11.0 Å². The van der Waals surface area contributed by atoms with Gasteiger partial charge in [0.05, 0.1) is 12.5 Å². The summed E-state index contributed by atoms with van der Waals surface area (Å²) < 4.78 is 15.8. The van der Waals surface area contributed by atoms with Crippen molar-refractivity contribution in [2.45, 2.75) is 39.0 Å². The van der Waals surface area contributed by atoms with Gasteiger partial charge in [0.1, 0.15) is 17.1 Å². The lowest BCUT2D eigenvalue weighted by molar-refractivity contribution is -0.155. The van der Waals surface area contributed by atoms with E-state index in [1.807, 2.05) is 0 Å². The number of para-hydroxylation sites is 1. The molecule has 2 saturated carbocycles. The number of rotatable bonds is 6. The molecule has 1 heterocycles. The average Bonchev–Trinajstić information content (AvgIpc) is 3.10. The number of hydrogen-bond acceptors (Lipinski definition) is 7. The van der Waals surface area contributed by atoms with Gasteiger partial charge in [-0.1, -0.05) is 18.6 Å². The minimum Gasteiger partial charge on any atom is -0.460 e. The predicted molar refractivity (Wildman–Crippen MR) is 110 cm³/mol. The molecular formula is C23H25NO7. The highest BCUT2D eigenvalue weighted by atomic mass is 16.5. The Hall–Kier alpha value is -3.16. The number of benzene rings is 1. The zero-order valence-corrected chi connectivity index (χ0v) is 17.3. The molecule has 1 N–H and O–H groups in total. The summed E-state index contributed by atoms with van der Waals surface area (Å²) in [6.07, 6.45) is 3.66. The van der Waals surface area contributed by atoms with Gasteiger partial charge in [0.2, 0.25) is 5.76 Å². The molecule has 0 aliphatic heterocycles. The largest absolute Gasteiger partial charge is 0.460 e. The highest BCUT2D eigenvalue weighted by Gasteiger charge is 2.42. The van der Waals surface area contributed by atoms with E-state index in [0.29, 0.717) is 23.8 Å².